The summed E-state index contributed by atoms with van der Waals surface area (Å²) in [5.74, 6) is 0.869. The zero-order chi connectivity index (χ0) is 26.2. The van der Waals surface area contributed by atoms with Crippen molar-refractivity contribution in [3.8, 4) is 11.5 Å². The first-order chi connectivity index (χ1) is 18.5. The van der Waals surface area contributed by atoms with Crippen LogP contribution in [0.2, 0.25) is 0 Å². The minimum atomic E-state index is -0.718. The molecule has 0 saturated carbocycles. The molecule has 0 aliphatic carbocycles. The zero-order valence-corrected chi connectivity index (χ0v) is 22.0. The van der Waals surface area contributed by atoms with Gasteiger partial charge in [-0.3, -0.25) is 14.5 Å². The van der Waals surface area contributed by atoms with Crippen LogP contribution in [0, 0.1) is 0 Å². The molecule has 1 atom stereocenters. The lowest BCUT2D eigenvalue weighted by atomic mass is 9.98. The van der Waals surface area contributed by atoms with E-state index in [0.717, 1.165) is 15.6 Å². The highest BCUT2D eigenvalue weighted by molar-refractivity contribution is 9.10. The van der Waals surface area contributed by atoms with Crippen molar-refractivity contribution in [3.63, 3.8) is 0 Å². The predicted octanol–water partition coefficient (Wildman–Crippen LogP) is 6.89. The van der Waals surface area contributed by atoms with Crippen LogP contribution in [0.3, 0.4) is 0 Å². The number of fused-ring (bicyclic) bond motifs is 2. The van der Waals surface area contributed by atoms with E-state index in [1.165, 1.54) is 0 Å². The van der Waals surface area contributed by atoms with Crippen molar-refractivity contribution in [2.45, 2.75) is 12.6 Å². The molecule has 0 spiro atoms. The van der Waals surface area contributed by atoms with Crippen molar-refractivity contribution in [2.24, 2.45) is 0 Å². The second kappa shape index (κ2) is 9.84. The van der Waals surface area contributed by atoms with Gasteiger partial charge >= 0.3 is 0 Å². The van der Waals surface area contributed by atoms with E-state index < -0.39 is 11.9 Å². The minimum Gasteiger partial charge on any atom is -0.497 e. The molecule has 5 aromatic rings. The second-order valence-electron chi connectivity index (χ2n) is 8.94. The SMILES string of the molecule is COc1cccc(N2C(=O)c3oc4ccc(Br)cc4c(=O)c3C2c2cccc(OCc3ccccc3)c2)c1. The molecule has 0 N–H and O–H groups in total. The molecule has 1 unspecified atom stereocenters. The number of halogens is 1. The van der Waals surface area contributed by atoms with Crippen molar-refractivity contribution in [2.75, 3.05) is 12.0 Å². The number of carbonyl (C=O) groups excluding carboxylic acids is 1. The normalized spacial score (nSPS) is 14.5. The largest absolute Gasteiger partial charge is 0.497 e. The molecular weight excluding hydrogens is 546 g/mol. The molecule has 0 saturated heterocycles. The molecule has 1 aromatic heterocycles. The molecule has 1 amide bonds. The molecule has 188 valence electrons. The molecule has 7 heteroatoms. The Morgan fingerprint density at radius 3 is 2.47 bits per heavy atom. The summed E-state index contributed by atoms with van der Waals surface area (Å²) in [5.41, 5.74) is 2.76. The van der Waals surface area contributed by atoms with Crippen LogP contribution in [0.1, 0.15) is 33.3 Å². The summed E-state index contributed by atoms with van der Waals surface area (Å²) in [6.07, 6.45) is 0. The van der Waals surface area contributed by atoms with E-state index in [-0.39, 0.29) is 11.2 Å². The number of rotatable bonds is 6. The predicted molar refractivity (Wildman–Crippen MR) is 149 cm³/mol. The first-order valence-electron chi connectivity index (χ1n) is 12.0. The van der Waals surface area contributed by atoms with Crippen LogP contribution in [0.5, 0.6) is 11.5 Å². The lowest BCUT2D eigenvalue weighted by Gasteiger charge is -2.26. The van der Waals surface area contributed by atoms with Gasteiger partial charge < -0.3 is 13.9 Å². The fourth-order valence-corrected chi connectivity index (χ4v) is 5.16. The molecule has 0 bridgehead atoms. The van der Waals surface area contributed by atoms with E-state index in [1.54, 1.807) is 42.3 Å². The average Bonchev–Trinajstić information content (AvgIpc) is 3.25. The molecule has 0 radical (unpaired) electrons. The van der Waals surface area contributed by atoms with E-state index in [2.05, 4.69) is 15.9 Å². The van der Waals surface area contributed by atoms with Gasteiger partial charge in [0.05, 0.1) is 24.1 Å². The quantitative estimate of drug-likeness (QED) is 0.223. The van der Waals surface area contributed by atoms with Crippen molar-refractivity contribution in [1.82, 2.24) is 0 Å². The third kappa shape index (κ3) is 4.25. The van der Waals surface area contributed by atoms with Crippen LogP contribution in [0.25, 0.3) is 11.0 Å². The average molecular weight is 568 g/mol. The molecular formula is C31H22BrNO5. The van der Waals surface area contributed by atoms with Crippen LogP contribution in [-0.4, -0.2) is 13.0 Å². The van der Waals surface area contributed by atoms with Crippen LogP contribution < -0.4 is 19.8 Å². The second-order valence-corrected chi connectivity index (χ2v) is 9.86. The number of hydrogen-bond acceptors (Lipinski definition) is 5. The summed E-state index contributed by atoms with van der Waals surface area (Å²) < 4.78 is 18.3. The van der Waals surface area contributed by atoms with E-state index in [0.29, 0.717) is 40.3 Å². The number of benzene rings is 4. The minimum absolute atomic E-state index is 0.0354. The van der Waals surface area contributed by atoms with Gasteiger partial charge in [0.2, 0.25) is 5.76 Å². The zero-order valence-electron chi connectivity index (χ0n) is 20.4. The lowest BCUT2D eigenvalue weighted by Crippen LogP contribution is -2.29. The highest BCUT2D eigenvalue weighted by Gasteiger charge is 2.44. The van der Waals surface area contributed by atoms with Gasteiger partial charge in [0.25, 0.3) is 5.91 Å². The van der Waals surface area contributed by atoms with Crippen LogP contribution in [-0.2, 0) is 6.61 Å². The van der Waals surface area contributed by atoms with Crippen molar-refractivity contribution in [1.29, 1.82) is 0 Å². The van der Waals surface area contributed by atoms with Crippen LogP contribution >= 0.6 is 15.9 Å². The van der Waals surface area contributed by atoms with E-state index >= 15 is 0 Å². The van der Waals surface area contributed by atoms with Gasteiger partial charge in [-0.05, 0) is 53.6 Å². The molecule has 6 nitrogen and oxygen atoms in total. The maximum absolute atomic E-state index is 13.9. The molecule has 1 aliphatic rings. The van der Waals surface area contributed by atoms with Crippen molar-refractivity contribution < 1.29 is 18.7 Å². The van der Waals surface area contributed by atoms with Crippen molar-refractivity contribution in [3.05, 3.63) is 134 Å². The Morgan fingerprint density at radius 2 is 1.66 bits per heavy atom. The van der Waals surface area contributed by atoms with Crippen LogP contribution in [0.4, 0.5) is 5.69 Å². The number of amides is 1. The number of ether oxygens (including phenoxy) is 2. The van der Waals surface area contributed by atoms with E-state index in [4.69, 9.17) is 13.9 Å². The first-order valence-corrected chi connectivity index (χ1v) is 12.8. The third-order valence-electron chi connectivity index (χ3n) is 6.59. The molecule has 4 aromatic carbocycles. The topological polar surface area (TPSA) is 69.0 Å². The van der Waals surface area contributed by atoms with Gasteiger partial charge in [0, 0.05) is 16.2 Å². The van der Waals surface area contributed by atoms with Gasteiger partial charge in [0.1, 0.15) is 23.7 Å². The highest BCUT2D eigenvalue weighted by Crippen LogP contribution is 2.42. The Hall–Kier alpha value is -4.36. The molecule has 1 aliphatic heterocycles. The van der Waals surface area contributed by atoms with E-state index in [1.807, 2.05) is 66.7 Å². The summed E-state index contributed by atoms with van der Waals surface area (Å²) in [6.45, 7) is 0.394. The van der Waals surface area contributed by atoms with Gasteiger partial charge in [-0.2, -0.15) is 0 Å². The highest BCUT2D eigenvalue weighted by atomic mass is 79.9. The Bertz CT molecular complexity index is 1730. The van der Waals surface area contributed by atoms with Crippen LogP contribution in [0.15, 0.2) is 111 Å². The van der Waals surface area contributed by atoms with E-state index in [9.17, 15) is 9.59 Å². The van der Waals surface area contributed by atoms with Gasteiger partial charge in [-0.15, -0.1) is 0 Å². The number of hydrogen-bond donors (Lipinski definition) is 0. The molecule has 6 rings (SSSR count). The molecule has 2 heterocycles. The summed E-state index contributed by atoms with van der Waals surface area (Å²) in [4.78, 5) is 29.3. The first kappa shape index (κ1) is 24.0. The number of methoxy groups -OCH3 is 1. The Balaban J connectivity index is 1.50. The standard InChI is InChI=1S/C31H22BrNO5/c1-36-23-11-6-10-22(17-23)33-28(20-9-5-12-24(15-20)37-18-19-7-3-2-4-8-19)27-29(34)25-16-21(32)13-14-26(25)38-30(27)31(33)35/h2-17,28H,18H2,1H3. The smallest absolute Gasteiger partial charge is 0.295 e. The maximum atomic E-state index is 13.9. The summed E-state index contributed by atoms with van der Waals surface area (Å²) in [6, 6.07) is 29.0. The fraction of sp³-hybridized carbons (Fsp3) is 0.0968. The molecule has 38 heavy (non-hydrogen) atoms. The lowest BCUT2D eigenvalue weighted by molar-refractivity contribution is 0.0971. The fourth-order valence-electron chi connectivity index (χ4n) is 4.80. The summed E-state index contributed by atoms with van der Waals surface area (Å²) in [5, 5.41) is 0.403. The van der Waals surface area contributed by atoms with Gasteiger partial charge in [-0.25, -0.2) is 0 Å². The van der Waals surface area contributed by atoms with Gasteiger partial charge in [-0.1, -0.05) is 64.5 Å². The van der Waals surface area contributed by atoms with Gasteiger partial charge in [0.15, 0.2) is 5.43 Å². The summed E-state index contributed by atoms with van der Waals surface area (Å²) in [7, 11) is 1.57. The molecule has 0 fully saturated rings. The maximum Gasteiger partial charge on any atom is 0.295 e. The Kier molecular flexibility index (Phi) is 6.21. The Labute approximate surface area is 227 Å². The number of anilines is 1. The Morgan fingerprint density at radius 1 is 0.868 bits per heavy atom. The number of carbonyl (C=O) groups is 1. The number of nitrogens with zero attached hydrogens (tertiary/aromatic N) is 1. The third-order valence-corrected chi connectivity index (χ3v) is 7.08. The van der Waals surface area contributed by atoms with Crippen molar-refractivity contribution >= 4 is 38.5 Å². The monoisotopic (exact) mass is 567 g/mol. The summed E-state index contributed by atoms with van der Waals surface area (Å²) >= 11 is 3.44.